The van der Waals surface area contributed by atoms with E-state index in [1.807, 2.05) is 0 Å². The Hall–Kier alpha value is -2.83. The van der Waals surface area contributed by atoms with E-state index in [1.54, 1.807) is 56.1 Å². The van der Waals surface area contributed by atoms with Gasteiger partial charge in [0.1, 0.15) is 0 Å². The summed E-state index contributed by atoms with van der Waals surface area (Å²) in [4.78, 5) is 30.3. The van der Waals surface area contributed by atoms with Gasteiger partial charge in [-0.15, -0.1) is 0 Å². The fourth-order valence-electron chi connectivity index (χ4n) is 2.85. The lowest BCUT2D eigenvalue weighted by Crippen LogP contribution is -2.42. The van der Waals surface area contributed by atoms with E-state index < -0.39 is 12.5 Å². The average molecular weight is 389 g/mol. The zero-order valence-electron chi connectivity index (χ0n) is 16.2. The number of alkyl halides is 2. The van der Waals surface area contributed by atoms with E-state index >= 15 is 0 Å². The SMILES string of the molecule is CC(C)C(=O)N(CCNC(=O)c1cccnc1)C(C)c1cccc(C(F)F)c1. The molecule has 1 aromatic carbocycles. The van der Waals surface area contributed by atoms with Crippen molar-refractivity contribution in [3.05, 3.63) is 65.5 Å². The first kappa shape index (κ1) is 21.5. The highest BCUT2D eigenvalue weighted by atomic mass is 19.3. The van der Waals surface area contributed by atoms with Gasteiger partial charge in [-0.1, -0.05) is 32.0 Å². The molecule has 0 aliphatic carbocycles. The highest BCUT2D eigenvalue weighted by Crippen LogP contribution is 2.26. The molecule has 1 aromatic heterocycles. The van der Waals surface area contributed by atoms with Gasteiger partial charge < -0.3 is 10.2 Å². The van der Waals surface area contributed by atoms with Crippen LogP contribution in [0.25, 0.3) is 0 Å². The van der Waals surface area contributed by atoms with Gasteiger partial charge in [0, 0.05) is 37.0 Å². The second-order valence-electron chi connectivity index (χ2n) is 6.83. The normalized spacial score (nSPS) is 12.1. The first-order chi connectivity index (χ1) is 13.3. The molecular weight excluding hydrogens is 364 g/mol. The van der Waals surface area contributed by atoms with Crippen LogP contribution in [0.15, 0.2) is 48.8 Å². The molecule has 0 bridgehead atoms. The van der Waals surface area contributed by atoms with Crippen molar-refractivity contribution in [2.45, 2.75) is 33.2 Å². The van der Waals surface area contributed by atoms with E-state index in [0.29, 0.717) is 11.1 Å². The van der Waals surface area contributed by atoms with Gasteiger partial charge >= 0.3 is 0 Å². The zero-order valence-corrected chi connectivity index (χ0v) is 16.2. The number of hydrogen-bond donors (Lipinski definition) is 1. The summed E-state index contributed by atoms with van der Waals surface area (Å²) in [7, 11) is 0. The summed E-state index contributed by atoms with van der Waals surface area (Å²) >= 11 is 0. The summed E-state index contributed by atoms with van der Waals surface area (Å²) in [5.41, 5.74) is 0.985. The van der Waals surface area contributed by atoms with Gasteiger partial charge in [-0.3, -0.25) is 14.6 Å². The van der Waals surface area contributed by atoms with Crippen LogP contribution in [0.5, 0.6) is 0 Å². The molecular formula is C21H25F2N3O2. The van der Waals surface area contributed by atoms with Crippen LogP contribution in [0.2, 0.25) is 0 Å². The topological polar surface area (TPSA) is 62.3 Å². The maximum absolute atomic E-state index is 13.0. The first-order valence-corrected chi connectivity index (χ1v) is 9.18. The van der Waals surface area contributed by atoms with Crippen LogP contribution in [-0.2, 0) is 4.79 Å². The predicted molar refractivity (Wildman–Crippen MR) is 103 cm³/mol. The molecule has 0 aliphatic heterocycles. The van der Waals surface area contributed by atoms with Crippen molar-refractivity contribution in [1.29, 1.82) is 0 Å². The van der Waals surface area contributed by atoms with Crippen LogP contribution in [-0.4, -0.2) is 34.8 Å². The monoisotopic (exact) mass is 389 g/mol. The van der Waals surface area contributed by atoms with Crippen LogP contribution in [0.4, 0.5) is 8.78 Å². The molecule has 7 heteroatoms. The number of rotatable bonds is 8. The lowest BCUT2D eigenvalue weighted by Gasteiger charge is -2.31. The van der Waals surface area contributed by atoms with E-state index in [0.717, 1.165) is 0 Å². The van der Waals surface area contributed by atoms with Gasteiger partial charge in [0.05, 0.1) is 11.6 Å². The number of aromatic nitrogens is 1. The third-order valence-corrected chi connectivity index (χ3v) is 4.45. The number of pyridine rings is 1. The summed E-state index contributed by atoms with van der Waals surface area (Å²) in [5.74, 6) is -0.641. The Morgan fingerprint density at radius 2 is 1.82 bits per heavy atom. The molecule has 0 aliphatic rings. The molecule has 28 heavy (non-hydrogen) atoms. The molecule has 0 saturated carbocycles. The molecule has 1 unspecified atom stereocenters. The minimum Gasteiger partial charge on any atom is -0.350 e. The van der Waals surface area contributed by atoms with Gasteiger partial charge in [-0.05, 0) is 30.7 Å². The summed E-state index contributed by atoms with van der Waals surface area (Å²) in [6.07, 6.45) is 0.472. The lowest BCUT2D eigenvalue weighted by molar-refractivity contribution is -0.136. The van der Waals surface area contributed by atoms with Crippen LogP contribution in [0.1, 0.15) is 54.7 Å². The van der Waals surface area contributed by atoms with E-state index in [1.165, 1.54) is 18.3 Å². The van der Waals surface area contributed by atoms with E-state index in [-0.39, 0.29) is 36.4 Å². The lowest BCUT2D eigenvalue weighted by atomic mass is 10.0. The third-order valence-electron chi connectivity index (χ3n) is 4.45. The van der Waals surface area contributed by atoms with Crippen LogP contribution >= 0.6 is 0 Å². The summed E-state index contributed by atoms with van der Waals surface area (Å²) in [6, 6.07) is 9.00. The number of nitrogens with zero attached hydrogens (tertiary/aromatic N) is 2. The summed E-state index contributed by atoms with van der Waals surface area (Å²) < 4.78 is 26.0. The van der Waals surface area contributed by atoms with Gasteiger partial charge in [0.2, 0.25) is 5.91 Å². The Morgan fingerprint density at radius 1 is 1.11 bits per heavy atom. The van der Waals surface area contributed by atoms with E-state index in [9.17, 15) is 18.4 Å². The smallest absolute Gasteiger partial charge is 0.263 e. The Balaban J connectivity index is 2.10. The summed E-state index contributed by atoms with van der Waals surface area (Å²) in [5, 5.41) is 2.77. The van der Waals surface area contributed by atoms with Crippen molar-refractivity contribution in [2.75, 3.05) is 13.1 Å². The Kier molecular flexibility index (Phi) is 7.61. The van der Waals surface area contributed by atoms with Crippen molar-refractivity contribution in [3.63, 3.8) is 0 Å². The second kappa shape index (κ2) is 9.92. The minimum atomic E-state index is -2.57. The fourth-order valence-corrected chi connectivity index (χ4v) is 2.85. The fraction of sp³-hybridized carbons (Fsp3) is 0.381. The second-order valence-corrected chi connectivity index (χ2v) is 6.83. The van der Waals surface area contributed by atoms with E-state index in [2.05, 4.69) is 10.3 Å². The number of carbonyl (C=O) groups is 2. The van der Waals surface area contributed by atoms with Crippen molar-refractivity contribution in [1.82, 2.24) is 15.2 Å². The molecule has 0 fully saturated rings. The van der Waals surface area contributed by atoms with Gasteiger partial charge in [-0.2, -0.15) is 0 Å². The quantitative estimate of drug-likeness (QED) is 0.742. The number of benzene rings is 1. The Bertz CT molecular complexity index is 797. The molecule has 5 nitrogen and oxygen atoms in total. The molecule has 1 atom stereocenters. The minimum absolute atomic E-state index is 0.0776. The van der Waals surface area contributed by atoms with Crippen molar-refractivity contribution >= 4 is 11.8 Å². The zero-order chi connectivity index (χ0) is 20.7. The maximum Gasteiger partial charge on any atom is 0.263 e. The van der Waals surface area contributed by atoms with Gasteiger partial charge in [-0.25, -0.2) is 8.78 Å². The third kappa shape index (κ3) is 5.58. The predicted octanol–water partition coefficient (Wildman–Crippen LogP) is 3.99. The highest BCUT2D eigenvalue weighted by molar-refractivity contribution is 5.93. The molecule has 2 rings (SSSR count). The molecule has 150 valence electrons. The van der Waals surface area contributed by atoms with Crippen LogP contribution in [0, 0.1) is 5.92 Å². The van der Waals surface area contributed by atoms with E-state index in [4.69, 9.17) is 0 Å². The Morgan fingerprint density at radius 3 is 2.43 bits per heavy atom. The standard InChI is InChI=1S/C21H25F2N3O2/c1-14(2)21(28)26(11-10-25-20(27)18-8-5-9-24-13-18)15(3)16-6-4-7-17(12-16)19(22)23/h4-9,12-15,19H,10-11H2,1-3H3,(H,25,27). The number of nitrogens with one attached hydrogen (secondary N) is 1. The highest BCUT2D eigenvalue weighted by Gasteiger charge is 2.24. The molecule has 2 aromatic rings. The van der Waals surface area contributed by atoms with Gasteiger partial charge in [0.15, 0.2) is 0 Å². The Labute approximate surface area is 163 Å². The van der Waals surface area contributed by atoms with Crippen molar-refractivity contribution in [3.8, 4) is 0 Å². The first-order valence-electron chi connectivity index (χ1n) is 9.18. The summed E-state index contributed by atoms with van der Waals surface area (Å²) in [6.45, 7) is 5.87. The van der Waals surface area contributed by atoms with Crippen LogP contribution < -0.4 is 5.32 Å². The van der Waals surface area contributed by atoms with Crippen molar-refractivity contribution < 1.29 is 18.4 Å². The molecule has 1 N–H and O–H groups in total. The number of carbonyl (C=O) groups excluding carboxylic acids is 2. The number of hydrogen-bond acceptors (Lipinski definition) is 3. The molecule has 0 saturated heterocycles. The van der Waals surface area contributed by atoms with Crippen LogP contribution in [0.3, 0.4) is 0 Å². The molecule has 2 amide bonds. The largest absolute Gasteiger partial charge is 0.350 e. The average Bonchev–Trinajstić information content (AvgIpc) is 2.70. The number of amides is 2. The molecule has 0 spiro atoms. The maximum atomic E-state index is 13.0. The number of halogens is 2. The van der Waals surface area contributed by atoms with Crippen molar-refractivity contribution in [2.24, 2.45) is 5.92 Å². The van der Waals surface area contributed by atoms with Gasteiger partial charge in [0.25, 0.3) is 12.3 Å². The molecule has 0 radical (unpaired) electrons. The molecule has 1 heterocycles.